The van der Waals surface area contributed by atoms with E-state index in [1.165, 1.54) is 11.2 Å². The Morgan fingerprint density at radius 1 is 1.06 bits per heavy atom. The molecule has 2 heterocycles. The highest BCUT2D eigenvalue weighted by atomic mass is 32.2. The van der Waals surface area contributed by atoms with E-state index in [-0.39, 0.29) is 28.7 Å². The summed E-state index contributed by atoms with van der Waals surface area (Å²) < 4.78 is 28.0. The van der Waals surface area contributed by atoms with E-state index in [0.29, 0.717) is 32.4 Å². The Bertz CT molecular complexity index is 1200. The van der Waals surface area contributed by atoms with Crippen LogP contribution in [0.4, 0.5) is 11.4 Å². The van der Waals surface area contributed by atoms with Crippen LogP contribution in [0.3, 0.4) is 0 Å². The first-order chi connectivity index (χ1) is 15.6. The van der Waals surface area contributed by atoms with Gasteiger partial charge in [-0.25, -0.2) is 8.42 Å². The molecule has 2 aromatic rings. The number of carbonyl (C=O) groups excluding carboxylic acids is 2. The molecule has 0 spiro atoms. The van der Waals surface area contributed by atoms with Gasteiger partial charge in [0.25, 0.3) is 0 Å². The molecule has 0 unspecified atom stereocenters. The van der Waals surface area contributed by atoms with Crippen molar-refractivity contribution in [2.75, 3.05) is 23.3 Å². The lowest BCUT2D eigenvalue weighted by Gasteiger charge is -2.31. The number of hydrogen-bond donors (Lipinski definition) is 1. The van der Waals surface area contributed by atoms with Gasteiger partial charge < -0.3 is 10.2 Å². The third-order valence-corrected chi connectivity index (χ3v) is 8.83. The average molecular weight is 470 g/mol. The fourth-order valence-corrected chi connectivity index (χ4v) is 6.40. The summed E-state index contributed by atoms with van der Waals surface area (Å²) in [5, 5.41) is 3.01. The van der Waals surface area contributed by atoms with Crippen LogP contribution in [0.25, 0.3) is 0 Å². The number of rotatable bonds is 4. The predicted octanol–water partition coefficient (Wildman–Crippen LogP) is 3.64. The van der Waals surface area contributed by atoms with Crippen molar-refractivity contribution in [1.82, 2.24) is 4.31 Å². The van der Waals surface area contributed by atoms with E-state index in [2.05, 4.69) is 5.32 Å². The molecule has 1 N–H and O–H groups in total. The minimum absolute atomic E-state index is 0.0155. The van der Waals surface area contributed by atoms with Gasteiger partial charge in [0.2, 0.25) is 21.8 Å². The first-order valence-electron chi connectivity index (χ1n) is 11.4. The summed E-state index contributed by atoms with van der Waals surface area (Å²) in [5.41, 5.74) is 4.63. The lowest BCUT2D eigenvalue weighted by molar-refractivity contribution is -0.121. The maximum atomic E-state index is 13.3. The number of aryl methyl sites for hydroxylation is 1. The third-order valence-electron chi connectivity index (χ3n) is 6.93. The van der Waals surface area contributed by atoms with Gasteiger partial charge in [0.15, 0.2) is 0 Å². The van der Waals surface area contributed by atoms with Gasteiger partial charge in [-0.1, -0.05) is 12.1 Å². The van der Waals surface area contributed by atoms with Crippen LogP contribution in [0.5, 0.6) is 0 Å². The molecule has 1 atom stereocenters. The highest BCUT2D eigenvalue weighted by molar-refractivity contribution is 7.89. The summed E-state index contributed by atoms with van der Waals surface area (Å²) in [6.07, 6.45) is 1.60. The average Bonchev–Trinajstić information content (AvgIpc) is 3.12. The Morgan fingerprint density at radius 3 is 2.42 bits per heavy atom. The molecule has 176 valence electrons. The number of sulfonamides is 1. The molecule has 2 aromatic carbocycles. The Morgan fingerprint density at radius 2 is 1.76 bits per heavy atom. The standard InChI is InChI=1S/C25H31N3O4S/c1-16-6-5-7-23(18(16)3)26-25(30)20-10-12-27(13-11-20)33(31,32)22-8-9-24-21(15-22)14-17(2)28(24)19(4)29/h5-9,15,17,20H,10-14H2,1-4H3,(H,26,30)/t17-/m1/s1. The van der Waals surface area contributed by atoms with E-state index < -0.39 is 10.0 Å². The van der Waals surface area contributed by atoms with Crippen molar-refractivity contribution in [2.24, 2.45) is 5.92 Å². The molecule has 0 bridgehead atoms. The van der Waals surface area contributed by atoms with Gasteiger partial charge in [-0.2, -0.15) is 4.31 Å². The molecule has 1 fully saturated rings. The Labute approximate surface area is 195 Å². The highest BCUT2D eigenvalue weighted by Gasteiger charge is 2.34. The summed E-state index contributed by atoms with van der Waals surface area (Å²) >= 11 is 0. The number of hydrogen-bond acceptors (Lipinski definition) is 4. The van der Waals surface area contributed by atoms with Crippen molar-refractivity contribution in [2.45, 2.75) is 57.9 Å². The number of amides is 2. The van der Waals surface area contributed by atoms with E-state index in [4.69, 9.17) is 0 Å². The van der Waals surface area contributed by atoms with Gasteiger partial charge in [-0.3, -0.25) is 9.59 Å². The van der Waals surface area contributed by atoms with Crippen LogP contribution in [-0.4, -0.2) is 43.7 Å². The normalized spacial score (nSPS) is 19.4. The molecule has 0 aliphatic carbocycles. The van der Waals surface area contributed by atoms with Crippen LogP contribution in [0.2, 0.25) is 0 Å². The fraction of sp³-hybridized carbons (Fsp3) is 0.440. The van der Waals surface area contributed by atoms with E-state index in [0.717, 1.165) is 28.1 Å². The molecule has 2 amide bonds. The molecule has 0 radical (unpaired) electrons. The van der Waals surface area contributed by atoms with Crippen molar-refractivity contribution in [3.63, 3.8) is 0 Å². The van der Waals surface area contributed by atoms with Gasteiger partial charge in [0.05, 0.1) is 4.90 Å². The Balaban J connectivity index is 1.43. The number of carbonyl (C=O) groups is 2. The zero-order valence-corrected chi connectivity index (χ0v) is 20.4. The summed E-state index contributed by atoms with van der Waals surface area (Å²) in [5.74, 6) is -0.323. The SMILES string of the molecule is CC(=O)N1c2ccc(S(=O)(=O)N3CCC(C(=O)Nc4cccc(C)c4C)CC3)cc2C[C@H]1C. The first-order valence-corrected chi connectivity index (χ1v) is 12.8. The number of benzene rings is 2. The molecule has 1 saturated heterocycles. The molecule has 2 aliphatic rings. The van der Waals surface area contributed by atoms with Gasteiger partial charge in [0.1, 0.15) is 0 Å². The number of nitrogens with zero attached hydrogens (tertiary/aromatic N) is 2. The van der Waals surface area contributed by atoms with Crippen molar-refractivity contribution < 1.29 is 18.0 Å². The van der Waals surface area contributed by atoms with Crippen LogP contribution < -0.4 is 10.2 Å². The van der Waals surface area contributed by atoms with E-state index in [9.17, 15) is 18.0 Å². The van der Waals surface area contributed by atoms with E-state index in [1.807, 2.05) is 39.0 Å². The van der Waals surface area contributed by atoms with Crippen molar-refractivity contribution in [3.8, 4) is 0 Å². The molecule has 2 aliphatic heterocycles. The zero-order chi connectivity index (χ0) is 23.9. The third kappa shape index (κ3) is 4.42. The largest absolute Gasteiger partial charge is 0.326 e. The first kappa shape index (κ1) is 23.4. The van der Waals surface area contributed by atoms with E-state index in [1.54, 1.807) is 23.1 Å². The number of nitrogens with one attached hydrogen (secondary N) is 1. The molecular formula is C25H31N3O4S. The Kier molecular flexibility index (Phi) is 6.33. The Hall–Kier alpha value is -2.71. The second-order valence-electron chi connectivity index (χ2n) is 9.15. The second-order valence-corrected chi connectivity index (χ2v) is 11.1. The topological polar surface area (TPSA) is 86.8 Å². The summed E-state index contributed by atoms with van der Waals surface area (Å²) in [6.45, 7) is 8.08. The summed E-state index contributed by atoms with van der Waals surface area (Å²) in [6, 6.07) is 10.8. The number of piperidine rings is 1. The minimum atomic E-state index is -3.66. The lowest BCUT2D eigenvalue weighted by Crippen LogP contribution is -2.41. The fourth-order valence-electron chi connectivity index (χ4n) is 4.88. The van der Waals surface area contributed by atoms with Crippen LogP contribution in [0.1, 0.15) is 43.4 Å². The van der Waals surface area contributed by atoms with Gasteiger partial charge in [0, 0.05) is 43.3 Å². The van der Waals surface area contributed by atoms with Crippen LogP contribution in [0, 0.1) is 19.8 Å². The maximum Gasteiger partial charge on any atom is 0.243 e. The van der Waals surface area contributed by atoms with Crippen molar-refractivity contribution in [1.29, 1.82) is 0 Å². The maximum absolute atomic E-state index is 13.3. The van der Waals surface area contributed by atoms with Crippen LogP contribution in [-0.2, 0) is 26.0 Å². The van der Waals surface area contributed by atoms with Gasteiger partial charge >= 0.3 is 0 Å². The molecule has 0 aromatic heterocycles. The minimum Gasteiger partial charge on any atom is -0.326 e. The molecule has 0 saturated carbocycles. The highest BCUT2D eigenvalue weighted by Crippen LogP contribution is 2.35. The summed E-state index contributed by atoms with van der Waals surface area (Å²) in [7, 11) is -3.66. The molecule has 7 nitrogen and oxygen atoms in total. The molecule has 8 heteroatoms. The molecule has 33 heavy (non-hydrogen) atoms. The zero-order valence-electron chi connectivity index (χ0n) is 19.6. The second kappa shape index (κ2) is 8.91. The van der Waals surface area contributed by atoms with Crippen LogP contribution >= 0.6 is 0 Å². The lowest BCUT2D eigenvalue weighted by atomic mass is 9.97. The quantitative estimate of drug-likeness (QED) is 0.741. The monoisotopic (exact) mass is 469 g/mol. The smallest absolute Gasteiger partial charge is 0.243 e. The van der Waals surface area contributed by atoms with Crippen LogP contribution in [0.15, 0.2) is 41.3 Å². The predicted molar refractivity (Wildman–Crippen MR) is 129 cm³/mol. The summed E-state index contributed by atoms with van der Waals surface area (Å²) in [4.78, 5) is 26.7. The van der Waals surface area contributed by atoms with Crippen molar-refractivity contribution in [3.05, 3.63) is 53.1 Å². The number of fused-ring (bicyclic) bond motifs is 1. The molecular weight excluding hydrogens is 438 g/mol. The number of anilines is 2. The van der Waals surface area contributed by atoms with Gasteiger partial charge in [-0.05, 0) is 81.0 Å². The van der Waals surface area contributed by atoms with Crippen molar-refractivity contribution >= 4 is 33.2 Å². The molecule has 4 rings (SSSR count). The van der Waals surface area contributed by atoms with E-state index >= 15 is 0 Å². The van der Waals surface area contributed by atoms with Gasteiger partial charge in [-0.15, -0.1) is 0 Å².